The largest absolute Gasteiger partial charge is 0.348 e. The van der Waals surface area contributed by atoms with E-state index in [0.29, 0.717) is 5.56 Å². The predicted molar refractivity (Wildman–Crippen MR) is 116 cm³/mol. The second-order valence-corrected chi connectivity index (χ2v) is 8.97. The lowest BCUT2D eigenvalue weighted by atomic mass is 9.84. The monoisotopic (exact) mass is 407 g/mol. The van der Waals surface area contributed by atoms with Gasteiger partial charge in [0.15, 0.2) is 0 Å². The van der Waals surface area contributed by atoms with Crippen LogP contribution >= 0.6 is 0 Å². The summed E-state index contributed by atoms with van der Waals surface area (Å²) >= 11 is 0. The second-order valence-electron chi connectivity index (χ2n) is 8.97. The van der Waals surface area contributed by atoms with E-state index in [4.69, 9.17) is 0 Å². The molecule has 2 aromatic carbocycles. The van der Waals surface area contributed by atoms with Gasteiger partial charge in [0.2, 0.25) is 5.91 Å². The first-order valence-electron chi connectivity index (χ1n) is 10.1. The zero-order valence-corrected chi connectivity index (χ0v) is 18.2. The van der Waals surface area contributed by atoms with E-state index in [1.54, 1.807) is 6.92 Å². The van der Waals surface area contributed by atoms with Crippen molar-refractivity contribution in [3.63, 3.8) is 0 Å². The number of hydrogen-bond acceptors (Lipinski definition) is 3. The number of hydrogen-bond donors (Lipinski definition) is 2. The Kier molecular flexibility index (Phi) is 5.70. The van der Waals surface area contributed by atoms with Crippen molar-refractivity contribution in [1.29, 1.82) is 0 Å². The van der Waals surface area contributed by atoms with Crippen LogP contribution in [0, 0.1) is 0 Å². The van der Waals surface area contributed by atoms with Crippen molar-refractivity contribution in [3.05, 3.63) is 71.3 Å². The molecule has 0 aromatic heterocycles. The third-order valence-electron chi connectivity index (χ3n) is 5.58. The van der Waals surface area contributed by atoms with Crippen LogP contribution in [0.2, 0.25) is 0 Å². The maximum atomic E-state index is 13.1. The molecule has 0 radical (unpaired) electrons. The Balaban J connectivity index is 1.71. The minimum absolute atomic E-state index is 0.0120. The number of benzene rings is 2. The zero-order chi connectivity index (χ0) is 22.1. The summed E-state index contributed by atoms with van der Waals surface area (Å²) in [6, 6.07) is 16.4. The fraction of sp³-hybridized carbons (Fsp3) is 0.375. The molecule has 3 rings (SSSR count). The van der Waals surface area contributed by atoms with E-state index in [9.17, 15) is 14.4 Å². The van der Waals surface area contributed by atoms with Gasteiger partial charge in [-0.2, -0.15) is 0 Å². The molecule has 0 aliphatic carbocycles. The number of rotatable bonds is 5. The molecule has 1 fully saturated rings. The first-order valence-corrected chi connectivity index (χ1v) is 10.1. The van der Waals surface area contributed by atoms with Crippen molar-refractivity contribution < 1.29 is 14.4 Å². The van der Waals surface area contributed by atoms with Crippen molar-refractivity contribution >= 4 is 17.8 Å². The molecule has 1 aliphatic heterocycles. The average molecular weight is 408 g/mol. The number of carbonyl (C=O) groups is 3. The number of nitrogens with zero attached hydrogens (tertiary/aromatic N) is 1. The molecule has 1 saturated heterocycles. The van der Waals surface area contributed by atoms with E-state index in [-0.39, 0.29) is 23.9 Å². The van der Waals surface area contributed by atoms with Crippen molar-refractivity contribution in [2.45, 2.75) is 51.6 Å². The van der Waals surface area contributed by atoms with E-state index in [1.165, 1.54) is 0 Å². The lowest BCUT2D eigenvalue weighted by molar-refractivity contribution is -0.135. The number of urea groups is 1. The summed E-state index contributed by atoms with van der Waals surface area (Å²) < 4.78 is 0. The van der Waals surface area contributed by atoms with Crippen LogP contribution < -0.4 is 10.6 Å². The molecule has 1 aliphatic rings. The maximum Gasteiger partial charge on any atom is 0.325 e. The summed E-state index contributed by atoms with van der Waals surface area (Å²) in [6.07, 6.45) is 0. The third kappa shape index (κ3) is 4.22. The fourth-order valence-corrected chi connectivity index (χ4v) is 3.60. The average Bonchev–Trinajstić information content (AvgIpc) is 2.92. The van der Waals surface area contributed by atoms with Gasteiger partial charge in [-0.25, -0.2) is 4.79 Å². The zero-order valence-electron chi connectivity index (χ0n) is 18.2. The van der Waals surface area contributed by atoms with Gasteiger partial charge in [0.1, 0.15) is 12.1 Å². The summed E-state index contributed by atoms with van der Waals surface area (Å²) in [5, 5.41) is 5.59. The van der Waals surface area contributed by atoms with Gasteiger partial charge in [0, 0.05) is 0 Å². The number of carbonyl (C=O) groups excluding carboxylic acids is 3. The topological polar surface area (TPSA) is 78.5 Å². The second kappa shape index (κ2) is 7.94. The van der Waals surface area contributed by atoms with Gasteiger partial charge in [0.05, 0.1) is 6.04 Å². The van der Waals surface area contributed by atoms with Crippen LogP contribution in [0.4, 0.5) is 4.79 Å². The highest BCUT2D eigenvalue weighted by Crippen LogP contribution is 2.31. The SMILES string of the molecule is CC(NC(=O)CN1C(=O)NC(C)(c2ccc(C(C)(C)C)cc2)C1=O)c1ccccc1. The summed E-state index contributed by atoms with van der Waals surface area (Å²) in [5.74, 6) is -0.819. The minimum Gasteiger partial charge on any atom is -0.348 e. The Morgan fingerprint density at radius 2 is 1.67 bits per heavy atom. The van der Waals surface area contributed by atoms with Crippen LogP contribution in [0.15, 0.2) is 54.6 Å². The molecule has 158 valence electrons. The summed E-state index contributed by atoms with van der Waals surface area (Å²) in [5.41, 5.74) is 1.57. The molecule has 2 unspecified atom stereocenters. The lowest BCUT2D eigenvalue weighted by Crippen LogP contribution is -2.43. The molecule has 4 amide bonds. The summed E-state index contributed by atoms with van der Waals surface area (Å²) in [4.78, 5) is 39.0. The van der Waals surface area contributed by atoms with Crippen molar-refractivity contribution in [1.82, 2.24) is 15.5 Å². The molecule has 2 aromatic rings. The van der Waals surface area contributed by atoms with E-state index in [2.05, 4.69) is 31.4 Å². The Hall–Kier alpha value is -3.15. The molecule has 0 saturated carbocycles. The fourth-order valence-electron chi connectivity index (χ4n) is 3.60. The van der Waals surface area contributed by atoms with Gasteiger partial charge < -0.3 is 10.6 Å². The van der Waals surface area contributed by atoms with Gasteiger partial charge in [-0.05, 0) is 36.0 Å². The van der Waals surface area contributed by atoms with Gasteiger partial charge in [0.25, 0.3) is 5.91 Å². The quantitative estimate of drug-likeness (QED) is 0.743. The van der Waals surface area contributed by atoms with Gasteiger partial charge in [-0.1, -0.05) is 75.4 Å². The minimum atomic E-state index is -1.20. The Labute approximate surface area is 177 Å². The van der Waals surface area contributed by atoms with Crippen LogP contribution in [-0.2, 0) is 20.5 Å². The van der Waals surface area contributed by atoms with Crippen LogP contribution in [0.25, 0.3) is 0 Å². The van der Waals surface area contributed by atoms with Crippen molar-refractivity contribution in [3.8, 4) is 0 Å². The Morgan fingerprint density at radius 1 is 1.07 bits per heavy atom. The molecule has 0 bridgehead atoms. The van der Waals surface area contributed by atoms with E-state index < -0.39 is 17.5 Å². The van der Waals surface area contributed by atoms with E-state index in [0.717, 1.165) is 16.0 Å². The summed E-state index contributed by atoms with van der Waals surface area (Å²) in [6.45, 7) is 9.55. The van der Waals surface area contributed by atoms with Crippen LogP contribution in [0.5, 0.6) is 0 Å². The highest BCUT2D eigenvalue weighted by molar-refractivity contribution is 6.09. The molecular weight excluding hydrogens is 378 g/mol. The molecular formula is C24H29N3O3. The molecule has 0 spiro atoms. The van der Waals surface area contributed by atoms with Crippen LogP contribution in [-0.4, -0.2) is 29.3 Å². The predicted octanol–water partition coefficient (Wildman–Crippen LogP) is 3.63. The van der Waals surface area contributed by atoms with Gasteiger partial charge in [-0.15, -0.1) is 0 Å². The van der Waals surface area contributed by atoms with Crippen molar-refractivity contribution in [2.75, 3.05) is 6.54 Å². The Morgan fingerprint density at radius 3 is 2.23 bits per heavy atom. The molecule has 6 nitrogen and oxygen atoms in total. The number of nitrogens with one attached hydrogen (secondary N) is 2. The van der Waals surface area contributed by atoms with Crippen LogP contribution in [0.3, 0.4) is 0 Å². The maximum absolute atomic E-state index is 13.1. The van der Waals surface area contributed by atoms with E-state index >= 15 is 0 Å². The number of amides is 4. The first-order chi connectivity index (χ1) is 14.0. The number of imide groups is 1. The molecule has 2 N–H and O–H groups in total. The molecule has 30 heavy (non-hydrogen) atoms. The van der Waals surface area contributed by atoms with Gasteiger partial charge in [-0.3, -0.25) is 14.5 Å². The standard InChI is InChI=1S/C24H29N3O3/c1-16(17-9-7-6-8-10-17)25-20(28)15-27-21(29)24(5,26-22(27)30)19-13-11-18(12-14-19)23(2,3)4/h6-14,16H,15H2,1-5H3,(H,25,28)(H,26,30). The van der Waals surface area contributed by atoms with Gasteiger partial charge >= 0.3 is 6.03 Å². The Bertz CT molecular complexity index is 948. The molecule has 6 heteroatoms. The highest BCUT2D eigenvalue weighted by Gasteiger charge is 2.49. The molecule has 2 atom stereocenters. The molecule has 1 heterocycles. The smallest absolute Gasteiger partial charge is 0.325 e. The van der Waals surface area contributed by atoms with E-state index in [1.807, 2.05) is 61.5 Å². The first kappa shape index (κ1) is 21.6. The van der Waals surface area contributed by atoms with Crippen LogP contribution in [0.1, 0.15) is 57.4 Å². The highest BCUT2D eigenvalue weighted by atomic mass is 16.2. The normalized spacial score (nSPS) is 20.1. The lowest BCUT2D eigenvalue weighted by Gasteiger charge is -2.24. The van der Waals surface area contributed by atoms with Crippen molar-refractivity contribution in [2.24, 2.45) is 0 Å². The summed E-state index contributed by atoms with van der Waals surface area (Å²) in [7, 11) is 0. The third-order valence-corrected chi connectivity index (χ3v) is 5.58.